The fraction of sp³-hybridized carbons (Fsp3) is 0.417. The third kappa shape index (κ3) is 3.47. The predicted molar refractivity (Wildman–Crippen MR) is 108 cm³/mol. The molecule has 2 aromatic rings. The van der Waals surface area contributed by atoms with Crippen molar-refractivity contribution in [1.82, 2.24) is 0 Å². The first kappa shape index (κ1) is 17.8. The molecule has 0 aliphatic heterocycles. The summed E-state index contributed by atoms with van der Waals surface area (Å²) in [5.41, 5.74) is 7.31. The molecule has 0 saturated carbocycles. The van der Waals surface area contributed by atoms with Gasteiger partial charge < -0.3 is 0 Å². The highest BCUT2D eigenvalue weighted by molar-refractivity contribution is 6.30. The smallest absolute Gasteiger partial charge is 0.142 e. The van der Waals surface area contributed by atoms with Crippen molar-refractivity contribution in [2.75, 3.05) is 0 Å². The Labute approximate surface area is 161 Å². The number of fused-ring (bicyclic) bond motifs is 3. The summed E-state index contributed by atoms with van der Waals surface area (Å²) in [5.74, 6) is 0.802. The molecule has 2 aliphatic rings. The van der Waals surface area contributed by atoms with Gasteiger partial charge in [0.1, 0.15) is 5.82 Å². The first-order valence-electron chi connectivity index (χ1n) is 9.89. The number of allylic oxidation sites excluding steroid dienone is 2. The number of hydrogen-bond donors (Lipinski definition) is 0. The van der Waals surface area contributed by atoms with E-state index in [-0.39, 0.29) is 10.8 Å². The highest BCUT2D eigenvalue weighted by atomic mass is 35.5. The van der Waals surface area contributed by atoms with Crippen LogP contribution in [0.5, 0.6) is 0 Å². The summed E-state index contributed by atoms with van der Waals surface area (Å²) in [6, 6.07) is 9.99. The van der Waals surface area contributed by atoms with Crippen LogP contribution in [0.4, 0.5) is 4.39 Å². The van der Waals surface area contributed by atoms with Gasteiger partial charge in [-0.2, -0.15) is 0 Å². The quantitative estimate of drug-likeness (QED) is 0.521. The minimum atomic E-state index is -0.299. The van der Waals surface area contributed by atoms with Gasteiger partial charge in [0.15, 0.2) is 0 Å². The Hall–Kier alpha value is -1.60. The SMILES string of the molecule is CCC=CC1CCc2c(ccc3c2CCC(c2ccc(Cl)c(F)c2)C3)C1. The van der Waals surface area contributed by atoms with Crippen molar-refractivity contribution >= 4 is 11.6 Å². The second-order valence-electron chi connectivity index (χ2n) is 7.79. The summed E-state index contributed by atoms with van der Waals surface area (Å²) in [6.45, 7) is 2.20. The molecule has 0 saturated heterocycles. The molecule has 26 heavy (non-hydrogen) atoms. The molecule has 0 aromatic heterocycles. The zero-order chi connectivity index (χ0) is 18.1. The molecule has 2 atom stereocenters. The topological polar surface area (TPSA) is 0 Å². The first-order chi connectivity index (χ1) is 12.7. The summed E-state index contributed by atoms with van der Waals surface area (Å²) in [7, 11) is 0. The molecule has 0 N–H and O–H groups in total. The van der Waals surface area contributed by atoms with E-state index in [2.05, 4.69) is 31.2 Å². The second-order valence-corrected chi connectivity index (χ2v) is 8.20. The van der Waals surface area contributed by atoms with Gasteiger partial charge in [0.25, 0.3) is 0 Å². The van der Waals surface area contributed by atoms with E-state index in [9.17, 15) is 4.39 Å². The fourth-order valence-electron chi connectivity index (χ4n) is 4.74. The molecule has 0 heterocycles. The van der Waals surface area contributed by atoms with E-state index < -0.39 is 0 Å². The lowest BCUT2D eigenvalue weighted by molar-refractivity contribution is 0.532. The molecule has 2 aromatic carbocycles. The van der Waals surface area contributed by atoms with Gasteiger partial charge in [0, 0.05) is 0 Å². The van der Waals surface area contributed by atoms with Crippen LogP contribution in [0.2, 0.25) is 5.02 Å². The van der Waals surface area contributed by atoms with Crippen LogP contribution in [-0.2, 0) is 25.7 Å². The molecule has 0 bridgehead atoms. The molecular formula is C24H26ClF. The van der Waals surface area contributed by atoms with Gasteiger partial charge in [-0.1, -0.05) is 48.9 Å². The van der Waals surface area contributed by atoms with Crippen molar-refractivity contribution in [2.45, 2.75) is 57.8 Å². The van der Waals surface area contributed by atoms with Crippen LogP contribution in [0.3, 0.4) is 0 Å². The van der Waals surface area contributed by atoms with Gasteiger partial charge in [-0.3, -0.25) is 0 Å². The normalized spacial score (nSPS) is 22.3. The molecule has 0 radical (unpaired) electrons. The average Bonchev–Trinajstić information content (AvgIpc) is 2.67. The van der Waals surface area contributed by atoms with Gasteiger partial charge in [-0.15, -0.1) is 0 Å². The van der Waals surface area contributed by atoms with Crippen molar-refractivity contribution in [3.8, 4) is 0 Å². The lowest BCUT2D eigenvalue weighted by Crippen LogP contribution is -2.20. The lowest BCUT2D eigenvalue weighted by atomic mass is 9.74. The molecule has 2 unspecified atom stereocenters. The zero-order valence-electron chi connectivity index (χ0n) is 15.4. The summed E-state index contributed by atoms with van der Waals surface area (Å²) in [5, 5.41) is 0.214. The van der Waals surface area contributed by atoms with Crippen molar-refractivity contribution in [3.05, 3.63) is 81.1 Å². The Morgan fingerprint density at radius 2 is 1.77 bits per heavy atom. The minimum absolute atomic E-state index is 0.214. The summed E-state index contributed by atoms with van der Waals surface area (Å²) >= 11 is 5.84. The molecule has 0 spiro atoms. The maximum atomic E-state index is 13.8. The van der Waals surface area contributed by atoms with Crippen molar-refractivity contribution in [3.63, 3.8) is 0 Å². The van der Waals surface area contributed by atoms with E-state index >= 15 is 0 Å². The molecule has 0 nitrogen and oxygen atoms in total. The van der Waals surface area contributed by atoms with Crippen LogP contribution in [0.1, 0.15) is 59.9 Å². The molecule has 2 aliphatic carbocycles. The summed E-state index contributed by atoms with van der Waals surface area (Å²) < 4.78 is 13.8. The first-order valence-corrected chi connectivity index (χ1v) is 10.3. The third-order valence-corrected chi connectivity index (χ3v) is 6.45. The van der Waals surface area contributed by atoms with E-state index in [1.807, 2.05) is 6.07 Å². The van der Waals surface area contributed by atoms with E-state index in [1.165, 1.54) is 24.8 Å². The lowest BCUT2D eigenvalue weighted by Gasteiger charge is -2.31. The Morgan fingerprint density at radius 3 is 2.50 bits per heavy atom. The van der Waals surface area contributed by atoms with E-state index in [0.717, 1.165) is 31.2 Å². The van der Waals surface area contributed by atoms with Gasteiger partial charge in [0.05, 0.1) is 5.02 Å². The van der Waals surface area contributed by atoms with E-state index in [1.54, 1.807) is 28.8 Å². The Kier molecular flexibility index (Phi) is 5.18. The van der Waals surface area contributed by atoms with Gasteiger partial charge in [-0.25, -0.2) is 4.39 Å². The maximum absolute atomic E-state index is 13.8. The Balaban J connectivity index is 1.56. The van der Waals surface area contributed by atoms with Crippen LogP contribution in [-0.4, -0.2) is 0 Å². The fourth-order valence-corrected chi connectivity index (χ4v) is 4.86. The predicted octanol–water partition coefficient (Wildman–Crippen LogP) is 6.82. The maximum Gasteiger partial charge on any atom is 0.142 e. The standard InChI is InChI=1S/C24H26ClF/c1-2-3-4-16-5-10-21-19(13-16)6-7-20-14-17(8-11-22(20)21)18-9-12-23(25)24(26)15-18/h3-4,6-7,9,12,15-17H,2,5,8,10-11,13-14H2,1H3. The minimum Gasteiger partial charge on any atom is -0.205 e. The van der Waals surface area contributed by atoms with Crippen molar-refractivity contribution in [2.24, 2.45) is 5.92 Å². The van der Waals surface area contributed by atoms with Crippen LogP contribution in [0.25, 0.3) is 0 Å². The van der Waals surface area contributed by atoms with E-state index in [4.69, 9.17) is 11.6 Å². The van der Waals surface area contributed by atoms with Gasteiger partial charge in [0.2, 0.25) is 0 Å². The number of halogens is 2. The van der Waals surface area contributed by atoms with Gasteiger partial charge >= 0.3 is 0 Å². The van der Waals surface area contributed by atoms with Crippen LogP contribution < -0.4 is 0 Å². The molecular weight excluding hydrogens is 343 g/mol. The van der Waals surface area contributed by atoms with Gasteiger partial charge in [-0.05, 0) is 96.7 Å². The van der Waals surface area contributed by atoms with Crippen LogP contribution in [0, 0.1) is 11.7 Å². The number of rotatable bonds is 3. The summed E-state index contributed by atoms with van der Waals surface area (Å²) in [6.07, 6.45) is 12.7. The third-order valence-electron chi connectivity index (χ3n) is 6.14. The van der Waals surface area contributed by atoms with Crippen molar-refractivity contribution < 1.29 is 4.39 Å². The number of hydrogen-bond acceptors (Lipinski definition) is 0. The highest BCUT2D eigenvalue weighted by Gasteiger charge is 2.26. The number of benzene rings is 2. The highest BCUT2D eigenvalue weighted by Crippen LogP contribution is 2.39. The monoisotopic (exact) mass is 368 g/mol. The van der Waals surface area contributed by atoms with Crippen molar-refractivity contribution in [1.29, 1.82) is 0 Å². The largest absolute Gasteiger partial charge is 0.205 e. The van der Waals surface area contributed by atoms with Crippen LogP contribution in [0.15, 0.2) is 42.5 Å². The Morgan fingerprint density at radius 1 is 1.04 bits per heavy atom. The van der Waals surface area contributed by atoms with Crippen LogP contribution >= 0.6 is 11.6 Å². The average molecular weight is 369 g/mol. The molecule has 0 fully saturated rings. The van der Waals surface area contributed by atoms with E-state index in [0.29, 0.717) is 11.8 Å². The molecule has 0 amide bonds. The molecule has 4 rings (SSSR count). The summed E-state index contributed by atoms with van der Waals surface area (Å²) in [4.78, 5) is 0. The molecule has 136 valence electrons. The molecule has 2 heteroatoms. The zero-order valence-corrected chi connectivity index (χ0v) is 16.2. The Bertz CT molecular complexity index is 836. The second kappa shape index (κ2) is 7.56.